The zero-order chi connectivity index (χ0) is 23.1. The Bertz CT molecular complexity index is 1110. The molecule has 0 aliphatic heterocycles. The minimum absolute atomic E-state index is 0.113. The number of carbonyl (C=O) groups excluding carboxylic acids is 2. The fraction of sp³-hybridized carbons (Fsp3) is 0.167. The van der Waals surface area contributed by atoms with Gasteiger partial charge in [-0.15, -0.1) is 0 Å². The summed E-state index contributed by atoms with van der Waals surface area (Å²) in [7, 11) is 0. The van der Waals surface area contributed by atoms with E-state index in [0.717, 1.165) is 10.0 Å². The van der Waals surface area contributed by atoms with Gasteiger partial charge in [-0.25, -0.2) is 0 Å². The van der Waals surface area contributed by atoms with Gasteiger partial charge in [-0.05, 0) is 74.0 Å². The van der Waals surface area contributed by atoms with Crippen LogP contribution in [-0.2, 0) is 9.59 Å². The molecule has 2 amide bonds. The molecule has 0 radical (unpaired) electrons. The number of halogens is 2. The van der Waals surface area contributed by atoms with Crippen LogP contribution in [0.25, 0.3) is 0 Å². The lowest BCUT2D eigenvalue weighted by Gasteiger charge is -2.16. The monoisotopic (exact) mass is 516 g/mol. The third-order valence-electron chi connectivity index (χ3n) is 4.44. The zero-order valence-corrected chi connectivity index (χ0v) is 19.9. The molecule has 2 N–H and O–H groups in total. The Labute approximate surface area is 200 Å². The van der Waals surface area contributed by atoms with Crippen LogP contribution in [0.1, 0.15) is 12.5 Å². The molecule has 3 aromatic carbocycles. The first kappa shape index (κ1) is 23.6. The van der Waals surface area contributed by atoms with E-state index in [9.17, 15) is 9.59 Å². The Morgan fingerprint density at radius 2 is 1.62 bits per heavy atom. The van der Waals surface area contributed by atoms with Gasteiger partial charge in [0.2, 0.25) is 0 Å². The van der Waals surface area contributed by atoms with Gasteiger partial charge in [0.15, 0.2) is 12.7 Å². The lowest BCUT2D eigenvalue weighted by molar-refractivity contribution is -0.122. The normalized spacial score (nSPS) is 11.4. The summed E-state index contributed by atoms with van der Waals surface area (Å²) in [6, 6.07) is 19.3. The van der Waals surface area contributed by atoms with Gasteiger partial charge in [-0.3, -0.25) is 9.59 Å². The molecule has 0 saturated heterocycles. The van der Waals surface area contributed by atoms with Crippen LogP contribution in [0.2, 0.25) is 5.02 Å². The van der Waals surface area contributed by atoms with E-state index in [1.807, 2.05) is 19.1 Å². The summed E-state index contributed by atoms with van der Waals surface area (Å²) in [5.74, 6) is 0.482. The number of anilines is 2. The predicted octanol–water partition coefficient (Wildman–Crippen LogP) is 5.83. The first-order valence-corrected chi connectivity index (χ1v) is 11.0. The molecular weight excluding hydrogens is 496 g/mol. The number of aryl methyl sites for hydroxylation is 1. The van der Waals surface area contributed by atoms with Crippen molar-refractivity contribution in [2.75, 3.05) is 17.2 Å². The van der Waals surface area contributed by atoms with Crippen LogP contribution in [0.15, 0.2) is 71.2 Å². The van der Waals surface area contributed by atoms with Crippen LogP contribution in [0.3, 0.4) is 0 Å². The Morgan fingerprint density at radius 1 is 0.969 bits per heavy atom. The maximum atomic E-state index is 12.4. The van der Waals surface area contributed by atoms with E-state index in [1.54, 1.807) is 61.5 Å². The molecule has 0 aliphatic carbocycles. The van der Waals surface area contributed by atoms with Gasteiger partial charge in [0.25, 0.3) is 11.8 Å². The number of benzene rings is 3. The van der Waals surface area contributed by atoms with Crippen LogP contribution in [0.5, 0.6) is 11.5 Å². The Kier molecular flexibility index (Phi) is 8.14. The smallest absolute Gasteiger partial charge is 0.265 e. The van der Waals surface area contributed by atoms with Crippen molar-refractivity contribution in [3.8, 4) is 11.5 Å². The number of nitrogens with one attached hydrogen (secondary N) is 2. The molecule has 0 heterocycles. The minimum atomic E-state index is -0.742. The number of amides is 2. The Hall–Kier alpha value is -3.03. The zero-order valence-electron chi connectivity index (χ0n) is 17.5. The maximum Gasteiger partial charge on any atom is 0.265 e. The molecule has 6 nitrogen and oxygen atoms in total. The summed E-state index contributed by atoms with van der Waals surface area (Å²) in [5.41, 5.74) is 2.09. The van der Waals surface area contributed by atoms with Crippen molar-refractivity contribution in [1.29, 1.82) is 0 Å². The number of ether oxygens (including phenoxy) is 2. The fourth-order valence-corrected chi connectivity index (χ4v) is 3.44. The molecule has 1 unspecified atom stereocenters. The van der Waals surface area contributed by atoms with Crippen molar-refractivity contribution in [2.24, 2.45) is 0 Å². The summed E-state index contributed by atoms with van der Waals surface area (Å²) >= 11 is 9.45. The molecule has 166 valence electrons. The summed E-state index contributed by atoms with van der Waals surface area (Å²) in [4.78, 5) is 24.6. The average molecular weight is 518 g/mol. The molecule has 1 atom stereocenters. The van der Waals surface area contributed by atoms with Crippen LogP contribution < -0.4 is 20.1 Å². The third-order valence-corrected chi connectivity index (χ3v) is 5.25. The second kappa shape index (κ2) is 11.0. The molecule has 0 fully saturated rings. The topological polar surface area (TPSA) is 76.7 Å². The number of rotatable bonds is 8. The Morgan fingerprint density at radius 3 is 2.28 bits per heavy atom. The van der Waals surface area contributed by atoms with Gasteiger partial charge in [0.05, 0.1) is 5.02 Å². The highest BCUT2D eigenvalue weighted by atomic mass is 79.9. The van der Waals surface area contributed by atoms with Crippen molar-refractivity contribution >= 4 is 50.7 Å². The Balaban J connectivity index is 1.49. The number of hydrogen-bond donors (Lipinski definition) is 2. The van der Waals surface area contributed by atoms with Gasteiger partial charge in [0, 0.05) is 15.8 Å². The van der Waals surface area contributed by atoms with Gasteiger partial charge >= 0.3 is 0 Å². The standard InChI is InChI=1S/C24H22BrClN2O4/c1-15-13-17(25)7-12-21(15)31-14-23(29)27-18-8-10-19(11-9-18)28-24(30)16(2)32-22-6-4-3-5-20(22)26/h3-13,16H,14H2,1-2H3,(H,27,29)(H,28,30). The van der Waals surface area contributed by atoms with Crippen molar-refractivity contribution < 1.29 is 19.1 Å². The van der Waals surface area contributed by atoms with Crippen molar-refractivity contribution in [2.45, 2.75) is 20.0 Å². The molecular formula is C24H22BrClN2O4. The molecule has 0 spiro atoms. The van der Waals surface area contributed by atoms with E-state index in [0.29, 0.717) is 27.9 Å². The molecule has 0 aliphatic rings. The molecule has 0 bridgehead atoms. The highest BCUT2D eigenvalue weighted by Gasteiger charge is 2.16. The van der Waals surface area contributed by atoms with Gasteiger partial charge in [-0.2, -0.15) is 0 Å². The van der Waals surface area contributed by atoms with Gasteiger partial charge in [0.1, 0.15) is 11.5 Å². The van der Waals surface area contributed by atoms with Gasteiger partial charge in [-0.1, -0.05) is 39.7 Å². The molecule has 32 heavy (non-hydrogen) atoms. The summed E-state index contributed by atoms with van der Waals surface area (Å²) in [6.07, 6.45) is -0.742. The highest BCUT2D eigenvalue weighted by molar-refractivity contribution is 9.10. The lowest BCUT2D eigenvalue weighted by atomic mass is 10.2. The maximum absolute atomic E-state index is 12.4. The van der Waals surface area contributed by atoms with Crippen molar-refractivity contribution in [1.82, 2.24) is 0 Å². The first-order chi connectivity index (χ1) is 15.3. The van der Waals surface area contributed by atoms with E-state index in [-0.39, 0.29) is 18.4 Å². The fourth-order valence-electron chi connectivity index (χ4n) is 2.78. The van der Waals surface area contributed by atoms with Crippen molar-refractivity contribution in [3.05, 3.63) is 81.8 Å². The van der Waals surface area contributed by atoms with Crippen LogP contribution in [0, 0.1) is 6.92 Å². The second-order valence-electron chi connectivity index (χ2n) is 7.00. The van der Waals surface area contributed by atoms with E-state index >= 15 is 0 Å². The minimum Gasteiger partial charge on any atom is -0.483 e. The second-order valence-corrected chi connectivity index (χ2v) is 8.33. The summed E-state index contributed by atoms with van der Waals surface area (Å²) in [5, 5.41) is 5.97. The highest BCUT2D eigenvalue weighted by Crippen LogP contribution is 2.25. The molecule has 0 aromatic heterocycles. The van der Waals surface area contributed by atoms with E-state index in [2.05, 4.69) is 26.6 Å². The molecule has 0 saturated carbocycles. The molecule has 3 rings (SSSR count). The molecule has 8 heteroatoms. The SMILES string of the molecule is Cc1cc(Br)ccc1OCC(=O)Nc1ccc(NC(=O)C(C)Oc2ccccc2Cl)cc1. The number of para-hydroxylation sites is 1. The summed E-state index contributed by atoms with van der Waals surface area (Å²) < 4.78 is 12.1. The van der Waals surface area contributed by atoms with E-state index in [4.69, 9.17) is 21.1 Å². The first-order valence-electron chi connectivity index (χ1n) is 9.83. The largest absolute Gasteiger partial charge is 0.483 e. The van der Waals surface area contributed by atoms with Crippen LogP contribution >= 0.6 is 27.5 Å². The average Bonchev–Trinajstić information content (AvgIpc) is 2.76. The van der Waals surface area contributed by atoms with Crippen molar-refractivity contribution in [3.63, 3.8) is 0 Å². The third kappa shape index (κ3) is 6.73. The molecule has 3 aromatic rings. The van der Waals surface area contributed by atoms with Crippen LogP contribution in [0.4, 0.5) is 11.4 Å². The van der Waals surface area contributed by atoms with Crippen LogP contribution in [-0.4, -0.2) is 24.5 Å². The lowest BCUT2D eigenvalue weighted by Crippen LogP contribution is -2.30. The summed E-state index contributed by atoms with van der Waals surface area (Å²) in [6.45, 7) is 3.43. The quantitative estimate of drug-likeness (QED) is 0.394. The van der Waals surface area contributed by atoms with E-state index in [1.165, 1.54) is 0 Å². The number of carbonyl (C=O) groups is 2. The number of hydrogen-bond acceptors (Lipinski definition) is 4. The predicted molar refractivity (Wildman–Crippen MR) is 130 cm³/mol. The van der Waals surface area contributed by atoms with Gasteiger partial charge < -0.3 is 20.1 Å². The van der Waals surface area contributed by atoms with E-state index < -0.39 is 6.10 Å².